The molecule has 0 fully saturated rings. The Morgan fingerprint density at radius 2 is 1.09 bits per heavy atom. The first-order chi connectivity index (χ1) is 16.6. The number of urea groups is 1. The second-order valence-electron chi connectivity index (χ2n) is 8.09. The van der Waals surface area contributed by atoms with Crippen LogP contribution in [0.3, 0.4) is 0 Å². The Balaban J connectivity index is 1.25. The highest BCUT2D eigenvalue weighted by Crippen LogP contribution is 2.23. The number of amides is 2. The van der Waals surface area contributed by atoms with Gasteiger partial charge in [-0.2, -0.15) is 9.98 Å². The molecule has 0 spiro atoms. The molecule has 0 unspecified atom stereocenters. The average molecular weight is 439 g/mol. The third kappa shape index (κ3) is 3.78. The largest absolute Gasteiger partial charge is 0.367 e. The molecule has 6 heteroatoms. The fourth-order valence-corrected chi connectivity index (χ4v) is 4.10. The van der Waals surface area contributed by atoms with E-state index in [0.717, 1.165) is 49.5 Å². The molecule has 0 aliphatic carbocycles. The van der Waals surface area contributed by atoms with Crippen molar-refractivity contribution in [1.82, 2.24) is 0 Å². The topological polar surface area (TPSA) is 90.4 Å². The molecule has 0 atom stereocenters. The molecule has 0 saturated heterocycles. The average Bonchev–Trinajstić information content (AvgIpc) is 3.50. The third-order valence-corrected chi connectivity index (χ3v) is 5.84. The summed E-state index contributed by atoms with van der Waals surface area (Å²) in [5.41, 5.74) is 5.38. The van der Waals surface area contributed by atoms with Crippen LogP contribution in [-0.2, 0) is 0 Å². The van der Waals surface area contributed by atoms with Crippen LogP contribution in [0.15, 0.2) is 92.8 Å². The van der Waals surface area contributed by atoms with Gasteiger partial charge < -0.3 is 0 Å². The third-order valence-electron chi connectivity index (χ3n) is 5.84. The van der Waals surface area contributed by atoms with Gasteiger partial charge in [-0.05, 0) is 56.9 Å². The normalized spacial score (nSPS) is 15.2. The number of nitrogens with one attached hydrogen (secondary N) is 1. The number of carbonyl (C=O) groups excluding carboxylic acids is 1. The minimum Gasteiger partial charge on any atom is -0.265 e. The van der Waals surface area contributed by atoms with Crippen molar-refractivity contribution in [2.45, 2.75) is 0 Å². The van der Waals surface area contributed by atoms with Crippen LogP contribution in [0.5, 0.6) is 0 Å². The molecule has 6 rings (SSSR count). The Morgan fingerprint density at radius 1 is 0.588 bits per heavy atom. The lowest BCUT2D eigenvalue weighted by Gasteiger charge is -2.04. The zero-order valence-electron chi connectivity index (χ0n) is 17.9. The molecular weight excluding hydrogens is 422 g/mol. The summed E-state index contributed by atoms with van der Waals surface area (Å²) < 4.78 is 0. The predicted molar refractivity (Wildman–Crippen MR) is 140 cm³/mol. The first-order valence-corrected chi connectivity index (χ1v) is 10.8. The van der Waals surface area contributed by atoms with Gasteiger partial charge in [-0.3, -0.25) is 5.41 Å². The van der Waals surface area contributed by atoms with E-state index in [2.05, 4.69) is 80.7 Å². The van der Waals surface area contributed by atoms with E-state index in [1.807, 2.05) is 24.3 Å². The van der Waals surface area contributed by atoms with Crippen LogP contribution in [0, 0.1) is 5.41 Å². The van der Waals surface area contributed by atoms with Gasteiger partial charge in [-0.1, -0.05) is 60.7 Å². The highest BCUT2D eigenvalue weighted by atomic mass is 16.2. The molecule has 34 heavy (non-hydrogen) atoms. The van der Waals surface area contributed by atoms with Crippen molar-refractivity contribution in [3.8, 4) is 0 Å². The van der Waals surface area contributed by atoms with Crippen LogP contribution in [0.4, 0.5) is 4.79 Å². The number of benzene rings is 4. The Hall–Kier alpha value is -4.84. The van der Waals surface area contributed by atoms with Gasteiger partial charge in [-0.25, -0.2) is 14.8 Å². The maximum atomic E-state index is 11.3. The summed E-state index contributed by atoms with van der Waals surface area (Å²) in [5, 5.41) is 12.0. The lowest BCUT2D eigenvalue weighted by atomic mass is 10.0. The minimum atomic E-state index is -0.455. The molecule has 4 aromatic rings. The van der Waals surface area contributed by atoms with Crippen molar-refractivity contribution in [3.63, 3.8) is 0 Å². The molecule has 0 radical (unpaired) electrons. The SMILES string of the molecule is N=C1N=CC(c2ccc3cc(/C=C/c4ccc5cc(C6=NC(=O)N=C6)ccc5c4)ccc3c2)=N1. The molecule has 4 aromatic carbocycles. The second kappa shape index (κ2) is 7.94. The summed E-state index contributed by atoms with van der Waals surface area (Å²) in [6.45, 7) is 0. The molecule has 1 N–H and O–H groups in total. The predicted octanol–water partition coefficient (Wildman–Crippen LogP) is 5.97. The van der Waals surface area contributed by atoms with E-state index in [0.29, 0.717) is 5.71 Å². The highest BCUT2D eigenvalue weighted by Gasteiger charge is 2.11. The van der Waals surface area contributed by atoms with E-state index < -0.39 is 6.03 Å². The Kier molecular flexibility index (Phi) is 4.63. The summed E-state index contributed by atoms with van der Waals surface area (Å²) >= 11 is 0. The molecule has 2 amide bonds. The fraction of sp³-hybridized carbons (Fsp3) is 0. The maximum absolute atomic E-state index is 11.3. The van der Waals surface area contributed by atoms with Crippen molar-refractivity contribution in [2.75, 3.05) is 0 Å². The number of nitrogens with zero attached hydrogens (tertiary/aromatic N) is 4. The van der Waals surface area contributed by atoms with Crippen molar-refractivity contribution >= 4 is 69.5 Å². The van der Waals surface area contributed by atoms with E-state index in [4.69, 9.17) is 5.41 Å². The van der Waals surface area contributed by atoms with Gasteiger partial charge >= 0.3 is 6.03 Å². The molecule has 2 heterocycles. The molecule has 2 aliphatic heterocycles. The number of hydrogen-bond acceptors (Lipinski definition) is 2. The fourth-order valence-electron chi connectivity index (χ4n) is 4.10. The quantitative estimate of drug-likeness (QED) is 0.390. The molecule has 2 aliphatic rings. The lowest BCUT2D eigenvalue weighted by molar-refractivity contribution is 0.257. The van der Waals surface area contributed by atoms with Crippen molar-refractivity contribution < 1.29 is 4.79 Å². The number of rotatable bonds is 4. The summed E-state index contributed by atoms with van der Waals surface area (Å²) in [6, 6.07) is 24.3. The molecule has 0 bridgehead atoms. The van der Waals surface area contributed by atoms with Gasteiger partial charge in [0.15, 0.2) is 0 Å². The molecule has 6 nitrogen and oxygen atoms in total. The Morgan fingerprint density at radius 3 is 1.59 bits per heavy atom. The maximum Gasteiger partial charge on any atom is 0.367 e. The highest BCUT2D eigenvalue weighted by molar-refractivity contribution is 6.44. The summed E-state index contributed by atoms with van der Waals surface area (Å²) in [7, 11) is 0. The van der Waals surface area contributed by atoms with Crippen LogP contribution >= 0.6 is 0 Å². The monoisotopic (exact) mass is 439 g/mol. The number of hydrogen-bond donors (Lipinski definition) is 1. The summed E-state index contributed by atoms with van der Waals surface area (Å²) in [5.74, 6) is 0.0406. The first-order valence-electron chi connectivity index (χ1n) is 10.8. The van der Waals surface area contributed by atoms with Gasteiger partial charge in [0.05, 0.1) is 23.9 Å². The van der Waals surface area contributed by atoms with Crippen LogP contribution in [0.1, 0.15) is 22.3 Å². The number of aliphatic imine (C=N–C) groups is 4. The van der Waals surface area contributed by atoms with E-state index >= 15 is 0 Å². The minimum absolute atomic E-state index is 0.0406. The van der Waals surface area contributed by atoms with Crippen LogP contribution in [0.2, 0.25) is 0 Å². The van der Waals surface area contributed by atoms with Gasteiger partial charge in [0.2, 0.25) is 5.96 Å². The van der Waals surface area contributed by atoms with E-state index in [-0.39, 0.29) is 5.96 Å². The summed E-state index contributed by atoms with van der Waals surface area (Å²) in [4.78, 5) is 26.9. The zero-order valence-corrected chi connectivity index (χ0v) is 17.9. The molecule has 0 aromatic heterocycles. The Bertz CT molecular complexity index is 1560. The molecule has 0 saturated carbocycles. The zero-order chi connectivity index (χ0) is 23.1. The lowest BCUT2D eigenvalue weighted by Crippen LogP contribution is -1.98. The molecular formula is C28H17N5O. The van der Waals surface area contributed by atoms with Crippen molar-refractivity contribution in [2.24, 2.45) is 20.0 Å². The van der Waals surface area contributed by atoms with Gasteiger partial charge in [0, 0.05) is 11.1 Å². The van der Waals surface area contributed by atoms with E-state index in [1.165, 1.54) is 6.21 Å². The molecule has 160 valence electrons. The first kappa shape index (κ1) is 19.8. The number of carbonyl (C=O) groups is 1. The van der Waals surface area contributed by atoms with Gasteiger partial charge in [-0.15, -0.1) is 0 Å². The van der Waals surface area contributed by atoms with Crippen molar-refractivity contribution in [1.29, 1.82) is 5.41 Å². The van der Waals surface area contributed by atoms with E-state index in [1.54, 1.807) is 6.21 Å². The van der Waals surface area contributed by atoms with E-state index in [9.17, 15) is 4.79 Å². The Labute approximate surface area is 194 Å². The standard InChI is InChI=1S/C28H17N5O/c29-27-30-15-25(32-27)23-9-7-19-11-17(3-5-21(19)13-23)1-2-18-4-6-22-14-24(10-8-20(22)12-18)26-16-31-28(34)33-26/h1-16,29H/b2-1+,29-27?. The van der Waals surface area contributed by atoms with Crippen LogP contribution < -0.4 is 0 Å². The summed E-state index contributed by atoms with van der Waals surface area (Å²) in [6.07, 6.45) is 7.34. The number of guanidine groups is 1. The number of fused-ring (bicyclic) bond motifs is 2. The van der Waals surface area contributed by atoms with Crippen LogP contribution in [-0.4, -0.2) is 35.8 Å². The van der Waals surface area contributed by atoms with Crippen LogP contribution in [0.25, 0.3) is 33.7 Å². The van der Waals surface area contributed by atoms with Gasteiger partial charge in [0.25, 0.3) is 0 Å². The second-order valence-corrected chi connectivity index (χ2v) is 8.09. The van der Waals surface area contributed by atoms with Crippen molar-refractivity contribution in [3.05, 3.63) is 95.1 Å². The van der Waals surface area contributed by atoms with Gasteiger partial charge in [0.1, 0.15) is 0 Å². The smallest absolute Gasteiger partial charge is 0.265 e.